The summed E-state index contributed by atoms with van der Waals surface area (Å²) in [5.41, 5.74) is 2.09. The van der Waals surface area contributed by atoms with Crippen molar-refractivity contribution in [3.8, 4) is 5.69 Å². The molecule has 0 bridgehead atoms. The number of benzene rings is 1. The van der Waals surface area contributed by atoms with Gasteiger partial charge in [0, 0.05) is 11.6 Å². The number of fused-ring (bicyclic) bond motifs is 1. The van der Waals surface area contributed by atoms with Gasteiger partial charge in [-0.25, -0.2) is 4.68 Å². The van der Waals surface area contributed by atoms with E-state index in [2.05, 4.69) is 22.2 Å². The molecule has 0 aliphatic carbocycles. The summed E-state index contributed by atoms with van der Waals surface area (Å²) in [6, 6.07) is 12.0. The van der Waals surface area contributed by atoms with E-state index >= 15 is 0 Å². The monoisotopic (exact) mass is 195 g/mol. The molecule has 0 saturated carbocycles. The zero-order valence-corrected chi connectivity index (χ0v) is 8.04. The largest absolute Gasteiger partial charge is 0.262 e. The molecule has 3 heteroatoms. The fraction of sp³-hybridized carbons (Fsp3) is 0. The maximum absolute atomic E-state index is 4.34. The molecule has 0 atom stereocenters. The molecular formula is C12H9N3. The zero-order chi connectivity index (χ0) is 10.1. The number of hydrogen-bond acceptors (Lipinski definition) is 2. The third-order valence-corrected chi connectivity index (χ3v) is 2.37. The topological polar surface area (TPSA) is 30.7 Å². The fourth-order valence-electron chi connectivity index (χ4n) is 1.66. The van der Waals surface area contributed by atoms with Crippen molar-refractivity contribution in [1.29, 1.82) is 0 Å². The molecule has 2 aromatic heterocycles. The predicted molar refractivity (Wildman–Crippen MR) is 58.9 cm³/mol. The molecule has 0 fully saturated rings. The first-order chi connectivity index (χ1) is 7.45. The van der Waals surface area contributed by atoms with Gasteiger partial charge in [0.05, 0.1) is 23.6 Å². The first kappa shape index (κ1) is 8.17. The Morgan fingerprint density at radius 3 is 2.73 bits per heavy atom. The zero-order valence-electron chi connectivity index (χ0n) is 8.04. The van der Waals surface area contributed by atoms with Crippen molar-refractivity contribution < 1.29 is 0 Å². The maximum Gasteiger partial charge on any atom is 0.0836 e. The Labute approximate surface area is 87.0 Å². The van der Waals surface area contributed by atoms with Gasteiger partial charge >= 0.3 is 0 Å². The van der Waals surface area contributed by atoms with Gasteiger partial charge in [-0.2, -0.15) is 5.10 Å². The van der Waals surface area contributed by atoms with Crippen molar-refractivity contribution in [1.82, 2.24) is 14.8 Å². The Morgan fingerprint density at radius 1 is 0.933 bits per heavy atom. The van der Waals surface area contributed by atoms with Crippen LogP contribution in [-0.4, -0.2) is 14.8 Å². The molecule has 2 heterocycles. The lowest BCUT2D eigenvalue weighted by atomic mass is 10.2. The van der Waals surface area contributed by atoms with E-state index in [0.717, 1.165) is 16.6 Å². The average Bonchev–Trinajstić information content (AvgIpc) is 2.74. The van der Waals surface area contributed by atoms with Crippen molar-refractivity contribution in [2.24, 2.45) is 0 Å². The van der Waals surface area contributed by atoms with Crippen LogP contribution in [0.5, 0.6) is 0 Å². The molecule has 0 unspecified atom stereocenters. The minimum Gasteiger partial charge on any atom is -0.262 e. The lowest BCUT2D eigenvalue weighted by Gasteiger charge is -2.01. The van der Waals surface area contributed by atoms with Crippen LogP contribution < -0.4 is 0 Å². The highest BCUT2D eigenvalue weighted by molar-refractivity contribution is 5.79. The van der Waals surface area contributed by atoms with Crippen molar-refractivity contribution in [3.63, 3.8) is 0 Å². The van der Waals surface area contributed by atoms with Gasteiger partial charge in [-0.15, -0.1) is 0 Å². The standard InChI is InChI=1S/C12H9N3/c1-2-6-12-10(4-1)8-14-15(12)11-5-3-7-13-9-11/h1-9H. The van der Waals surface area contributed by atoms with Gasteiger partial charge in [0.25, 0.3) is 0 Å². The predicted octanol–water partition coefficient (Wildman–Crippen LogP) is 2.42. The van der Waals surface area contributed by atoms with Crippen LogP contribution in [0.4, 0.5) is 0 Å². The normalized spacial score (nSPS) is 10.7. The molecule has 0 N–H and O–H groups in total. The van der Waals surface area contributed by atoms with Gasteiger partial charge in [-0.1, -0.05) is 18.2 Å². The third kappa shape index (κ3) is 1.29. The number of pyridine rings is 1. The first-order valence-corrected chi connectivity index (χ1v) is 4.78. The van der Waals surface area contributed by atoms with Crippen LogP contribution in [0.3, 0.4) is 0 Å². The van der Waals surface area contributed by atoms with Crippen LogP contribution in [0.25, 0.3) is 16.6 Å². The van der Waals surface area contributed by atoms with E-state index < -0.39 is 0 Å². The Balaban J connectivity index is 2.28. The van der Waals surface area contributed by atoms with E-state index in [-0.39, 0.29) is 0 Å². The summed E-state index contributed by atoms with van der Waals surface area (Å²) < 4.78 is 1.89. The number of rotatable bonds is 1. The molecule has 3 aromatic rings. The molecular weight excluding hydrogens is 186 g/mol. The Bertz CT molecular complexity index is 584. The van der Waals surface area contributed by atoms with E-state index in [1.54, 1.807) is 12.4 Å². The first-order valence-electron chi connectivity index (χ1n) is 4.78. The average molecular weight is 195 g/mol. The van der Waals surface area contributed by atoms with Crippen LogP contribution in [0, 0.1) is 0 Å². The summed E-state index contributed by atoms with van der Waals surface area (Å²) >= 11 is 0. The SMILES string of the molecule is c1cncc(-n2ncc3ccccc32)c1. The molecule has 3 rings (SSSR count). The van der Waals surface area contributed by atoms with Crippen LogP contribution in [0.1, 0.15) is 0 Å². The fourth-order valence-corrected chi connectivity index (χ4v) is 1.66. The number of nitrogens with zero attached hydrogens (tertiary/aromatic N) is 3. The molecule has 0 aliphatic rings. The maximum atomic E-state index is 4.34. The molecule has 0 radical (unpaired) electrons. The Kier molecular flexibility index (Phi) is 1.75. The quantitative estimate of drug-likeness (QED) is 0.597. The van der Waals surface area contributed by atoms with E-state index in [1.807, 2.05) is 35.1 Å². The summed E-state index contributed by atoms with van der Waals surface area (Å²) in [5, 5.41) is 5.48. The van der Waals surface area contributed by atoms with Gasteiger partial charge in [-0.05, 0) is 18.2 Å². The molecule has 0 saturated heterocycles. The summed E-state index contributed by atoms with van der Waals surface area (Å²) in [7, 11) is 0. The second-order valence-corrected chi connectivity index (χ2v) is 3.33. The van der Waals surface area contributed by atoms with E-state index in [1.165, 1.54) is 0 Å². The smallest absolute Gasteiger partial charge is 0.0836 e. The van der Waals surface area contributed by atoms with Crippen LogP contribution in [0.2, 0.25) is 0 Å². The van der Waals surface area contributed by atoms with Crippen molar-refractivity contribution in [3.05, 3.63) is 55.0 Å². The number of hydrogen-bond donors (Lipinski definition) is 0. The Hall–Kier alpha value is -2.16. The highest BCUT2D eigenvalue weighted by Gasteiger charge is 2.02. The summed E-state index contributed by atoms with van der Waals surface area (Å²) in [5.74, 6) is 0. The van der Waals surface area contributed by atoms with Gasteiger partial charge in [-0.3, -0.25) is 4.98 Å². The van der Waals surface area contributed by atoms with E-state index in [0.29, 0.717) is 0 Å². The van der Waals surface area contributed by atoms with Gasteiger partial charge in [0.2, 0.25) is 0 Å². The van der Waals surface area contributed by atoms with Crippen molar-refractivity contribution >= 4 is 10.9 Å². The summed E-state index contributed by atoms with van der Waals surface area (Å²) in [6.45, 7) is 0. The lowest BCUT2D eigenvalue weighted by Crippen LogP contribution is -1.95. The lowest BCUT2D eigenvalue weighted by molar-refractivity contribution is 0.903. The highest BCUT2D eigenvalue weighted by Crippen LogP contribution is 2.16. The number of aromatic nitrogens is 3. The third-order valence-electron chi connectivity index (χ3n) is 2.37. The van der Waals surface area contributed by atoms with Gasteiger partial charge < -0.3 is 0 Å². The molecule has 15 heavy (non-hydrogen) atoms. The van der Waals surface area contributed by atoms with Gasteiger partial charge in [0.15, 0.2) is 0 Å². The van der Waals surface area contributed by atoms with E-state index in [4.69, 9.17) is 0 Å². The molecule has 72 valence electrons. The minimum absolute atomic E-state index is 0.985. The summed E-state index contributed by atoms with van der Waals surface area (Å²) in [4.78, 5) is 4.09. The molecule has 0 spiro atoms. The summed E-state index contributed by atoms with van der Waals surface area (Å²) in [6.07, 6.45) is 5.43. The molecule has 1 aromatic carbocycles. The Morgan fingerprint density at radius 2 is 1.87 bits per heavy atom. The van der Waals surface area contributed by atoms with Gasteiger partial charge in [0.1, 0.15) is 0 Å². The minimum atomic E-state index is 0.985. The number of para-hydroxylation sites is 1. The van der Waals surface area contributed by atoms with Crippen LogP contribution in [-0.2, 0) is 0 Å². The van der Waals surface area contributed by atoms with E-state index in [9.17, 15) is 0 Å². The highest BCUT2D eigenvalue weighted by atomic mass is 15.3. The molecule has 0 amide bonds. The van der Waals surface area contributed by atoms with Crippen LogP contribution >= 0.6 is 0 Å². The second-order valence-electron chi connectivity index (χ2n) is 3.33. The van der Waals surface area contributed by atoms with Crippen LogP contribution in [0.15, 0.2) is 55.0 Å². The van der Waals surface area contributed by atoms with Crippen molar-refractivity contribution in [2.75, 3.05) is 0 Å². The molecule has 0 aliphatic heterocycles. The van der Waals surface area contributed by atoms with Crippen molar-refractivity contribution in [2.45, 2.75) is 0 Å². The second kappa shape index (κ2) is 3.20. The molecule has 3 nitrogen and oxygen atoms in total.